The quantitative estimate of drug-likeness (QED) is 0.492. The van der Waals surface area contributed by atoms with Crippen molar-refractivity contribution in [3.05, 3.63) is 35.5 Å². The second-order valence-corrected chi connectivity index (χ2v) is 7.63. The van der Waals surface area contributed by atoms with E-state index in [0.717, 1.165) is 6.20 Å². The second kappa shape index (κ2) is 8.87. The number of H-pyrrole nitrogens is 1. The third-order valence-corrected chi connectivity index (χ3v) is 5.17. The fourth-order valence-electron chi connectivity index (χ4n) is 3.42. The number of fused-ring (bicyclic) bond motifs is 1. The number of pyridine rings is 1. The van der Waals surface area contributed by atoms with Crippen LogP contribution in [0.2, 0.25) is 5.02 Å². The molecule has 0 saturated carbocycles. The van der Waals surface area contributed by atoms with Crippen LogP contribution in [-0.4, -0.2) is 57.8 Å². The molecular formula is C19H17ClF4N6O2. The molecule has 170 valence electrons. The van der Waals surface area contributed by atoms with Gasteiger partial charge in [0.25, 0.3) is 0 Å². The van der Waals surface area contributed by atoms with E-state index in [0.29, 0.717) is 21.6 Å². The predicted octanol–water partition coefficient (Wildman–Crippen LogP) is 3.31. The van der Waals surface area contributed by atoms with Crippen LogP contribution in [-0.2, 0) is 9.53 Å². The highest BCUT2D eigenvalue weighted by atomic mass is 35.5. The molecule has 4 heterocycles. The SMILES string of the molecule is O=C(NCC(F)(F)F)C1COCCC1Nc1nc(-c2c[nH]c3ncc(Cl)cc23)ncc1F. The molecule has 0 aliphatic carbocycles. The zero-order chi connectivity index (χ0) is 22.9. The summed E-state index contributed by atoms with van der Waals surface area (Å²) in [4.78, 5) is 27.6. The number of nitrogens with one attached hydrogen (secondary N) is 3. The summed E-state index contributed by atoms with van der Waals surface area (Å²) in [5.41, 5.74) is 1.07. The molecular weight excluding hydrogens is 456 g/mol. The van der Waals surface area contributed by atoms with Gasteiger partial charge >= 0.3 is 6.18 Å². The van der Waals surface area contributed by atoms with Gasteiger partial charge in [0.1, 0.15) is 12.2 Å². The summed E-state index contributed by atoms with van der Waals surface area (Å²) in [5.74, 6) is -2.58. The topological polar surface area (TPSA) is 105 Å². The summed E-state index contributed by atoms with van der Waals surface area (Å²) >= 11 is 6.01. The first kappa shape index (κ1) is 22.2. The molecule has 3 aromatic heterocycles. The van der Waals surface area contributed by atoms with E-state index in [1.165, 1.54) is 6.20 Å². The van der Waals surface area contributed by atoms with Gasteiger partial charge in [-0.1, -0.05) is 11.6 Å². The van der Waals surface area contributed by atoms with E-state index in [4.69, 9.17) is 16.3 Å². The number of amides is 1. The third-order valence-electron chi connectivity index (χ3n) is 4.96. The monoisotopic (exact) mass is 472 g/mol. The Morgan fingerprint density at radius 1 is 1.31 bits per heavy atom. The Labute approximate surface area is 183 Å². The van der Waals surface area contributed by atoms with Gasteiger partial charge in [-0.25, -0.2) is 19.3 Å². The number of ether oxygens (including phenoxy) is 1. The number of halogens is 5. The maximum Gasteiger partial charge on any atom is 0.405 e. The summed E-state index contributed by atoms with van der Waals surface area (Å²) in [7, 11) is 0. The minimum atomic E-state index is -4.54. The van der Waals surface area contributed by atoms with Gasteiger partial charge < -0.3 is 20.4 Å². The lowest BCUT2D eigenvalue weighted by atomic mass is 9.94. The molecule has 0 radical (unpaired) electrons. The van der Waals surface area contributed by atoms with E-state index in [1.807, 2.05) is 5.32 Å². The second-order valence-electron chi connectivity index (χ2n) is 7.20. The molecule has 1 aliphatic heterocycles. The fraction of sp³-hybridized carbons (Fsp3) is 0.368. The number of hydrogen-bond donors (Lipinski definition) is 3. The van der Waals surface area contributed by atoms with Gasteiger partial charge in [-0.2, -0.15) is 13.2 Å². The standard InChI is InChI=1S/C19H17ClF4N6O2/c20-9-3-10-11(5-26-15(10)25-4-9)16-27-6-13(21)17(30-16)29-14-1-2-32-7-12(14)18(31)28-8-19(22,23)24/h3-6,12,14H,1-2,7-8H2,(H,25,26)(H,28,31)(H,27,29,30). The number of nitrogens with zero attached hydrogens (tertiary/aromatic N) is 3. The molecule has 32 heavy (non-hydrogen) atoms. The van der Waals surface area contributed by atoms with E-state index in [9.17, 15) is 22.4 Å². The number of carbonyl (C=O) groups is 1. The van der Waals surface area contributed by atoms with Crippen LogP contribution in [0.4, 0.5) is 23.4 Å². The predicted molar refractivity (Wildman–Crippen MR) is 107 cm³/mol. The van der Waals surface area contributed by atoms with Gasteiger partial charge in [-0.15, -0.1) is 0 Å². The number of anilines is 1. The smallest absolute Gasteiger partial charge is 0.380 e. The summed E-state index contributed by atoms with van der Waals surface area (Å²) in [6, 6.07) is 0.975. The molecule has 4 rings (SSSR count). The summed E-state index contributed by atoms with van der Waals surface area (Å²) in [6.07, 6.45) is -0.224. The highest BCUT2D eigenvalue weighted by Crippen LogP contribution is 2.29. The van der Waals surface area contributed by atoms with Crippen molar-refractivity contribution in [1.82, 2.24) is 25.3 Å². The maximum atomic E-state index is 14.5. The van der Waals surface area contributed by atoms with Gasteiger partial charge in [0.2, 0.25) is 5.91 Å². The molecule has 0 bridgehead atoms. The van der Waals surface area contributed by atoms with Crippen LogP contribution in [0.1, 0.15) is 6.42 Å². The third kappa shape index (κ3) is 4.91. The van der Waals surface area contributed by atoms with Crippen LogP contribution in [0, 0.1) is 11.7 Å². The van der Waals surface area contributed by atoms with E-state index in [1.54, 1.807) is 12.3 Å². The first-order valence-corrected chi connectivity index (χ1v) is 9.93. The van der Waals surface area contributed by atoms with Crippen LogP contribution in [0.25, 0.3) is 22.4 Å². The molecule has 1 saturated heterocycles. The normalized spacial score (nSPS) is 19.2. The molecule has 2 atom stereocenters. The molecule has 3 aromatic rings. The van der Waals surface area contributed by atoms with Crippen LogP contribution in [0.5, 0.6) is 0 Å². The molecule has 0 spiro atoms. The van der Waals surface area contributed by atoms with Gasteiger partial charge in [0.15, 0.2) is 17.5 Å². The average molecular weight is 473 g/mol. The number of hydrogen-bond acceptors (Lipinski definition) is 6. The molecule has 3 N–H and O–H groups in total. The van der Waals surface area contributed by atoms with Crippen molar-refractivity contribution in [3.63, 3.8) is 0 Å². The average Bonchev–Trinajstić information content (AvgIpc) is 3.16. The number of rotatable bonds is 5. The van der Waals surface area contributed by atoms with Crippen molar-refractivity contribution in [1.29, 1.82) is 0 Å². The van der Waals surface area contributed by atoms with Crippen LogP contribution in [0.3, 0.4) is 0 Å². The zero-order valence-corrected chi connectivity index (χ0v) is 17.1. The van der Waals surface area contributed by atoms with Crippen LogP contribution >= 0.6 is 11.6 Å². The fourth-order valence-corrected chi connectivity index (χ4v) is 3.58. The van der Waals surface area contributed by atoms with Crippen LogP contribution in [0.15, 0.2) is 24.7 Å². The van der Waals surface area contributed by atoms with Crippen molar-refractivity contribution in [2.24, 2.45) is 5.92 Å². The van der Waals surface area contributed by atoms with E-state index >= 15 is 0 Å². The summed E-state index contributed by atoms with van der Waals surface area (Å²) < 4.78 is 57.1. The van der Waals surface area contributed by atoms with Crippen molar-refractivity contribution in [3.8, 4) is 11.4 Å². The van der Waals surface area contributed by atoms with E-state index in [-0.39, 0.29) is 31.3 Å². The number of carbonyl (C=O) groups excluding carboxylic acids is 1. The number of aromatic amines is 1. The van der Waals surface area contributed by atoms with Crippen molar-refractivity contribution >= 4 is 34.4 Å². The van der Waals surface area contributed by atoms with E-state index < -0.39 is 36.4 Å². The molecule has 2 unspecified atom stereocenters. The Morgan fingerprint density at radius 2 is 2.12 bits per heavy atom. The lowest BCUT2D eigenvalue weighted by molar-refractivity contribution is -0.143. The Kier molecular flexibility index (Phi) is 6.15. The molecule has 13 heteroatoms. The van der Waals surface area contributed by atoms with Crippen molar-refractivity contribution in [2.75, 3.05) is 25.1 Å². The van der Waals surface area contributed by atoms with E-state index in [2.05, 4.69) is 25.3 Å². The molecule has 1 amide bonds. The number of aromatic nitrogens is 4. The van der Waals surface area contributed by atoms with Gasteiger partial charge in [-0.05, 0) is 12.5 Å². The van der Waals surface area contributed by atoms with Gasteiger partial charge in [0.05, 0.1) is 23.7 Å². The Balaban J connectivity index is 1.58. The lowest BCUT2D eigenvalue weighted by Gasteiger charge is -2.31. The lowest BCUT2D eigenvalue weighted by Crippen LogP contribution is -2.48. The highest BCUT2D eigenvalue weighted by Gasteiger charge is 2.35. The largest absolute Gasteiger partial charge is 0.405 e. The zero-order valence-electron chi connectivity index (χ0n) is 16.3. The summed E-state index contributed by atoms with van der Waals surface area (Å²) in [5, 5.41) is 5.71. The van der Waals surface area contributed by atoms with Gasteiger partial charge in [-0.3, -0.25) is 4.79 Å². The van der Waals surface area contributed by atoms with Crippen molar-refractivity contribution in [2.45, 2.75) is 18.6 Å². The molecule has 0 aromatic carbocycles. The molecule has 8 nitrogen and oxygen atoms in total. The minimum Gasteiger partial charge on any atom is -0.380 e. The maximum absolute atomic E-state index is 14.5. The number of alkyl halides is 3. The van der Waals surface area contributed by atoms with Crippen molar-refractivity contribution < 1.29 is 27.1 Å². The highest BCUT2D eigenvalue weighted by molar-refractivity contribution is 6.31. The Bertz CT molecular complexity index is 1140. The molecule has 1 aliphatic rings. The Hall–Kier alpha value is -2.99. The first-order chi connectivity index (χ1) is 15.2. The van der Waals surface area contributed by atoms with Crippen LogP contribution < -0.4 is 10.6 Å². The minimum absolute atomic E-state index is 0.104. The van der Waals surface area contributed by atoms with Gasteiger partial charge in [0, 0.05) is 36.0 Å². The summed E-state index contributed by atoms with van der Waals surface area (Å²) in [6.45, 7) is -1.31. The first-order valence-electron chi connectivity index (χ1n) is 9.55. The molecule has 1 fully saturated rings. The Morgan fingerprint density at radius 3 is 2.91 bits per heavy atom.